The highest BCUT2D eigenvalue weighted by molar-refractivity contribution is 7.09. The lowest BCUT2D eigenvalue weighted by Gasteiger charge is -2.26. The van der Waals surface area contributed by atoms with Gasteiger partial charge in [-0.1, -0.05) is 6.07 Å². The number of aryl methyl sites for hydroxylation is 1. The van der Waals surface area contributed by atoms with Crippen molar-refractivity contribution in [3.63, 3.8) is 0 Å². The molecule has 1 heterocycles. The van der Waals surface area contributed by atoms with Crippen LogP contribution in [0.2, 0.25) is 0 Å². The van der Waals surface area contributed by atoms with Gasteiger partial charge >= 0.3 is 0 Å². The summed E-state index contributed by atoms with van der Waals surface area (Å²) in [5.41, 5.74) is 1.45. The lowest BCUT2D eigenvalue weighted by molar-refractivity contribution is -0.384. The molecule has 0 unspecified atom stereocenters. The Labute approximate surface area is 115 Å². The van der Waals surface area contributed by atoms with Gasteiger partial charge in [0.15, 0.2) is 0 Å². The fraction of sp³-hybridized carbons (Fsp3) is 0.308. The molecule has 0 fully saturated rings. The van der Waals surface area contributed by atoms with Crippen molar-refractivity contribution in [2.45, 2.75) is 26.3 Å². The van der Waals surface area contributed by atoms with Crippen LogP contribution in [0.5, 0.6) is 0 Å². The number of non-ortho nitro benzene ring substituents is 1. The maximum Gasteiger partial charge on any atom is 0.271 e. The molecule has 2 rings (SSSR count). The Bertz CT molecular complexity index is 594. The Morgan fingerprint density at radius 1 is 1.42 bits per heavy atom. The first-order valence-corrected chi connectivity index (χ1v) is 6.71. The molecular weight excluding hydrogens is 262 g/mol. The number of nitro benzene ring substituents is 1. The van der Waals surface area contributed by atoms with E-state index in [0.717, 1.165) is 16.3 Å². The number of aromatic nitrogens is 1. The lowest BCUT2D eigenvalue weighted by atomic mass is 10.0. The molecule has 6 heteroatoms. The van der Waals surface area contributed by atoms with Crippen LogP contribution in [0.4, 0.5) is 11.4 Å². The molecule has 0 radical (unpaired) electrons. The van der Waals surface area contributed by atoms with E-state index in [1.165, 1.54) is 6.07 Å². The Morgan fingerprint density at radius 3 is 2.74 bits per heavy atom. The summed E-state index contributed by atoms with van der Waals surface area (Å²) in [4.78, 5) is 14.7. The normalized spacial score (nSPS) is 11.3. The summed E-state index contributed by atoms with van der Waals surface area (Å²) >= 11 is 1.56. The lowest BCUT2D eigenvalue weighted by Crippen LogP contribution is -2.28. The maximum absolute atomic E-state index is 10.8. The minimum absolute atomic E-state index is 0.0861. The SMILES string of the molecule is Cc1ccc([N+](=O)[O-])cc1NC(C)(C)c1nccs1. The van der Waals surface area contributed by atoms with E-state index >= 15 is 0 Å². The van der Waals surface area contributed by atoms with Crippen molar-refractivity contribution in [3.05, 3.63) is 50.5 Å². The molecule has 0 spiro atoms. The number of hydrogen-bond acceptors (Lipinski definition) is 5. The molecule has 1 N–H and O–H groups in total. The first kappa shape index (κ1) is 13.5. The summed E-state index contributed by atoms with van der Waals surface area (Å²) < 4.78 is 0. The number of benzene rings is 1. The van der Waals surface area contributed by atoms with Crippen molar-refractivity contribution in [2.75, 3.05) is 5.32 Å². The third-order valence-electron chi connectivity index (χ3n) is 2.85. The number of rotatable bonds is 4. The van der Waals surface area contributed by atoms with E-state index in [-0.39, 0.29) is 16.1 Å². The molecule has 0 aliphatic carbocycles. The molecule has 2 aromatic rings. The second-order valence-electron chi connectivity index (χ2n) is 4.84. The summed E-state index contributed by atoms with van der Waals surface area (Å²) in [6, 6.07) is 4.82. The quantitative estimate of drug-likeness (QED) is 0.683. The van der Waals surface area contributed by atoms with E-state index in [9.17, 15) is 10.1 Å². The van der Waals surface area contributed by atoms with E-state index in [4.69, 9.17) is 0 Å². The largest absolute Gasteiger partial charge is 0.373 e. The predicted octanol–water partition coefficient (Wildman–Crippen LogP) is 3.71. The smallest absolute Gasteiger partial charge is 0.271 e. The van der Waals surface area contributed by atoms with E-state index < -0.39 is 0 Å². The van der Waals surface area contributed by atoms with Crippen LogP contribution in [0, 0.1) is 17.0 Å². The molecular formula is C13H15N3O2S. The zero-order chi connectivity index (χ0) is 14.0. The standard InChI is InChI=1S/C13H15N3O2S/c1-9-4-5-10(16(17)18)8-11(9)15-13(2,3)12-14-6-7-19-12/h4-8,15H,1-3H3. The Morgan fingerprint density at radius 2 is 2.16 bits per heavy atom. The van der Waals surface area contributed by atoms with Crippen LogP contribution < -0.4 is 5.32 Å². The summed E-state index contributed by atoms with van der Waals surface area (Å²) in [6.07, 6.45) is 1.75. The fourth-order valence-corrected chi connectivity index (χ4v) is 2.50. The maximum atomic E-state index is 10.8. The van der Waals surface area contributed by atoms with Crippen LogP contribution in [0.25, 0.3) is 0 Å². The second-order valence-corrected chi connectivity index (χ2v) is 5.74. The number of nitrogens with zero attached hydrogens (tertiary/aromatic N) is 2. The summed E-state index contributed by atoms with van der Waals surface area (Å²) in [7, 11) is 0. The topological polar surface area (TPSA) is 68.1 Å². The van der Waals surface area contributed by atoms with Crippen LogP contribution in [-0.2, 0) is 5.54 Å². The number of hydrogen-bond donors (Lipinski definition) is 1. The van der Waals surface area contributed by atoms with E-state index in [1.54, 1.807) is 29.7 Å². The molecule has 0 saturated carbocycles. The molecule has 1 aromatic carbocycles. The van der Waals surface area contributed by atoms with Gasteiger partial charge in [0.2, 0.25) is 0 Å². The van der Waals surface area contributed by atoms with Crippen molar-refractivity contribution in [1.82, 2.24) is 4.98 Å². The minimum Gasteiger partial charge on any atom is -0.373 e. The number of nitro groups is 1. The molecule has 0 amide bonds. The van der Waals surface area contributed by atoms with E-state index in [1.807, 2.05) is 26.2 Å². The molecule has 0 atom stereocenters. The second kappa shape index (κ2) is 4.97. The van der Waals surface area contributed by atoms with Gasteiger partial charge in [-0.15, -0.1) is 11.3 Å². The van der Waals surface area contributed by atoms with Crippen molar-refractivity contribution < 1.29 is 4.92 Å². The third kappa shape index (κ3) is 2.90. The average molecular weight is 277 g/mol. The monoisotopic (exact) mass is 277 g/mol. The third-order valence-corrected chi connectivity index (χ3v) is 3.94. The fourth-order valence-electron chi connectivity index (χ4n) is 1.78. The van der Waals surface area contributed by atoms with Crippen molar-refractivity contribution >= 4 is 22.7 Å². The molecule has 0 aliphatic rings. The highest BCUT2D eigenvalue weighted by Crippen LogP contribution is 2.30. The molecule has 5 nitrogen and oxygen atoms in total. The summed E-state index contributed by atoms with van der Waals surface area (Å²) in [5.74, 6) is 0. The average Bonchev–Trinajstić information content (AvgIpc) is 2.85. The minimum atomic E-state index is -0.388. The molecule has 0 aliphatic heterocycles. The zero-order valence-electron chi connectivity index (χ0n) is 11.0. The van der Waals surface area contributed by atoms with Crippen molar-refractivity contribution in [1.29, 1.82) is 0 Å². The van der Waals surface area contributed by atoms with E-state index in [2.05, 4.69) is 10.3 Å². The molecule has 100 valence electrons. The first-order valence-electron chi connectivity index (χ1n) is 5.83. The molecule has 19 heavy (non-hydrogen) atoms. The van der Waals surface area contributed by atoms with Crippen LogP contribution in [-0.4, -0.2) is 9.91 Å². The highest BCUT2D eigenvalue weighted by Gasteiger charge is 2.24. The van der Waals surface area contributed by atoms with Gasteiger partial charge in [-0.3, -0.25) is 10.1 Å². The van der Waals surface area contributed by atoms with Crippen molar-refractivity contribution in [2.24, 2.45) is 0 Å². The van der Waals surface area contributed by atoms with Gasteiger partial charge in [0.25, 0.3) is 5.69 Å². The number of thiazole rings is 1. The van der Waals surface area contributed by atoms with Gasteiger partial charge in [0.1, 0.15) is 5.01 Å². The van der Waals surface area contributed by atoms with Gasteiger partial charge in [0, 0.05) is 29.4 Å². The van der Waals surface area contributed by atoms with Gasteiger partial charge in [-0.05, 0) is 26.3 Å². The van der Waals surface area contributed by atoms with Gasteiger partial charge in [-0.25, -0.2) is 4.98 Å². The summed E-state index contributed by atoms with van der Waals surface area (Å²) in [5, 5.41) is 17.0. The Balaban J connectivity index is 2.33. The van der Waals surface area contributed by atoms with Crippen LogP contribution in [0.1, 0.15) is 24.4 Å². The van der Waals surface area contributed by atoms with Crippen LogP contribution in [0.15, 0.2) is 29.8 Å². The van der Waals surface area contributed by atoms with Gasteiger partial charge in [0.05, 0.1) is 10.5 Å². The predicted molar refractivity (Wildman–Crippen MR) is 76.6 cm³/mol. The van der Waals surface area contributed by atoms with E-state index in [0.29, 0.717) is 0 Å². The van der Waals surface area contributed by atoms with Crippen LogP contribution in [0.3, 0.4) is 0 Å². The Hall–Kier alpha value is -1.95. The zero-order valence-corrected chi connectivity index (χ0v) is 11.8. The Kier molecular flexibility index (Phi) is 3.53. The number of nitrogens with one attached hydrogen (secondary N) is 1. The molecule has 1 aromatic heterocycles. The van der Waals surface area contributed by atoms with Crippen LogP contribution >= 0.6 is 11.3 Å². The summed E-state index contributed by atoms with van der Waals surface area (Å²) in [6.45, 7) is 5.93. The highest BCUT2D eigenvalue weighted by atomic mass is 32.1. The molecule has 0 bridgehead atoms. The number of anilines is 1. The van der Waals surface area contributed by atoms with Gasteiger partial charge in [-0.2, -0.15) is 0 Å². The van der Waals surface area contributed by atoms with Gasteiger partial charge < -0.3 is 5.32 Å². The van der Waals surface area contributed by atoms with Crippen molar-refractivity contribution in [3.8, 4) is 0 Å². The molecule has 0 saturated heterocycles. The first-order chi connectivity index (χ1) is 8.90.